The van der Waals surface area contributed by atoms with Crippen LogP contribution in [0.2, 0.25) is 0 Å². The van der Waals surface area contributed by atoms with Crippen molar-refractivity contribution in [1.82, 2.24) is 0 Å². The maximum absolute atomic E-state index is 9.74. The fourth-order valence-corrected chi connectivity index (χ4v) is 1.50. The van der Waals surface area contributed by atoms with E-state index in [9.17, 15) is 5.11 Å². The van der Waals surface area contributed by atoms with Crippen LogP contribution in [0, 0.1) is 6.92 Å². The van der Waals surface area contributed by atoms with Crippen molar-refractivity contribution in [1.29, 1.82) is 0 Å². The predicted molar refractivity (Wildman–Crippen MR) is 58.3 cm³/mol. The van der Waals surface area contributed by atoms with E-state index < -0.39 is 0 Å². The number of aromatic hydroxyl groups is 1. The van der Waals surface area contributed by atoms with E-state index in [0.717, 1.165) is 16.7 Å². The number of aryl methyl sites for hydroxylation is 1. The molecular weight excluding hydrogens is 172 g/mol. The molecule has 2 rings (SSSR count). The molecule has 0 aliphatic rings. The Bertz CT molecular complexity index is 432. The molecule has 0 spiro atoms. The molecule has 0 amide bonds. The summed E-state index contributed by atoms with van der Waals surface area (Å²) in [6.45, 7) is 1.97. The van der Waals surface area contributed by atoms with Crippen molar-refractivity contribution < 1.29 is 5.11 Å². The number of rotatable bonds is 1. The first-order valence-corrected chi connectivity index (χ1v) is 4.62. The van der Waals surface area contributed by atoms with Gasteiger partial charge in [0.25, 0.3) is 0 Å². The second-order valence-corrected chi connectivity index (χ2v) is 3.39. The molecule has 0 radical (unpaired) electrons. The highest BCUT2D eigenvalue weighted by Crippen LogP contribution is 2.29. The van der Waals surface area contributed by atoms with E-state index in [-0.39, 0.29) is 0 Å². The van der Waals surface area contributed by atoms with Crippen molar-refractivity contribution in [2.24, 2.45) is 0 Å². The SMILES string of the molecule is Cc1ccc(-c2ccccc2)c(O)c1. The number of hydrogen-bond donors (Lipinski definition) is 1. The Hall–Kier alpha value is -1.76. The number of hydrogen-bond acceptors (Lipinski definition) is 1. The van der Waals surface area contributed by atoms with Gasteiger partial charge in [0, 0.05) is 5.56 Å². The van der Waals surface area contributed by atoms with Gasteiger partial charge in [0.1, 0.15) is 5.75 Å². The molecule has 70 valence electrons. The van der Waals surface area contributed by atoms with E-state index >= 15 is 0 Å². The van der Waals surface area contributed by atoms with Gasteiger partial charge in [-0.05, 0) is 24.1 Å². The second kappa shape index (κ2) is 3.54. The first kappa shape index (κ1) is 8.82. The molecule has 0 aliphatic heterocycles. The zero-order valence-electron chi connectivity index (χ0n) is 8.07. The molecule has 1 N–H and O–H groups in total. The minimum absolute atomic E-state index is 0.344. The van der Waals surface area contributed by atoms with Crippen LogP contribution >= 0.6 is 0 Å². The van der Waals surface area contributed by atoms with Gasteiger partial charge in [-0.2, -0.15) is 0 Å². The van der Waals surface area contributed by atoms with Crippen molar-refractivity contribution in [3.8, 4) is 16.9 Å². The first-order valence-electron chi connectivity index (χ1n) is 4.62. The topological polar surface area (TPSA) is 20.2 Å². The molecule has 14 heavy (non-hydrogen) atoms. The van der Waals surface area contributed by atoms with Crippen LogP contribution < -0.4 is 0 Å². The fourth-order valence-electron chi connectivity index (χ4n) is 1.50. The standard InChI is InChI=1S/C13H12O/c1-10-7-8-12(13(14)9-10)11-5-3-2-4-6-11/h2-9,14H,1H3. The van der Waals surface area contributed by atoms with Crippen LogP contribution in [0.4, 0.5) is 0 Å². The Kier molecular flexibility index (Phi) is 2.23. The Morgan fingerprint density at radius 1 is 0.929 bits per heavy atom. The molecule has 0 aromatic heterocycles. The molecule has 0 fully saturated rings. The molecule has 0 saturated heterocycles. The van der Waals surface area contributed by atoms with Crippen LogP contribution in [0.3, 0.4) is 0 Å². The fraction of sp³-hybridized carbons (Fsp3) is 0.0769. The Morgan fingerprint density at radius 3 is 2.29 bits per heavy atom. The van der Waals surface area contributed by atoms with Gasteiger partial charge in [0.05, 0.1) is 0 Å². The second-order valence-electron chi connectivity index (χ2n) is 3.39. The van der Waals surface area contributed by atoms with E-state index in [1.807, 2.05) is 49.4 Å². The molecule has 2 aromatic carbocycles. The molecule has 0 bridgehead atoms. The lowest BCUT2D eigenvalue weighted by Crippen LogP contribution is -1.79. The van der Waals surface area contributed by atoms with Crippen molar-refractivity contribution >= 4 is 0 Å². The van der Waals surface area contributed by atoms with Gasteiger partial charge >= 0.3 is 0 Å². The summed E-state index contributed by atoms with van der Waals surface area (Å²) in [5.74, 6) is 0.344. The van der Waals surface area contributed by atoms with Crippen molar-refractivity contribution in [3.05, 3.63) is 54.1 Å². The highest BCUT2D eigenvalue weighted by Gasteiger charge is 2.02. The molecule has 0 atom stereocenters. The number of phenols is 1. The largest absolute Gasteiger partial charge is 0.507 e. The first-order chi connectivity index (χ1) is 6.77. The number of benzene rings is 2. The normalized spacial score (nSPS) is 10.1. The minimum atomic E-state index is 0.344. The third-order valence-electron chi connectivity index (χ3n) is 2.24. The van der Waals surface area contributed by atoms with Crippen LogP contribution in [0.1, 0.15) is 5.56 Å². The van der Waals surface area contributed by atoms with E-state index in [1.54, 1.807) is 6.07 Å². The highest BCUT2D eigenvalue weighted by atomic mass is 16.3. The Labute approximate surface area is 83.6 Å². The van der Waals surface area contributed by atoms with Gasteiger partial charge in [-0.15, -0.1) is 0 Å². The quantitative estimate of drug-likeness (QED) is 0.720. The molecule has 0 aliphatic carbocycles. The molecule has 0 unspecified atom stereocenters. The monoisotopic (exact) mass is 184 g/mol. The summed E-state index contributed by atoms with van der Waals surface area (Å²) in [5, 5.41) is 9.74. The zero-order valence-corrected chi connectivity index (χ0v) is 8.07. The molecule has 0 heterocycles. The lowest BCUT2D eigenvalue weighted by Gasteiger charge is -2.04. The van der Waals surface area contributed by atoms with E-state index in [1.165, 1.54) is 0 Å². The lowest BCUT2D eigenvalue weighted by atomic mass is 10.0. The summed E-state index contributed by atoms with van der Waals surface area (Å²) in [6.07, 6.45) is 0. The highest BCUT2D eigenvalue weighted by molar-refractivity contribution is 5.70. The molecule has 2 aromatic rings. The van der Waals surface area contributed by atoms with Crippen molar-refractivity contribution in [2.45, 2.75) is 6.92 Å². The van der Waals surface area contributed by atoms with Crippen molar-refractivity contribution in [2.75, 3.05) is 0 Å². The summed E-state index contributed by atoms with van der Waals surface area (Å²) in [7, 11) is 0. The zero-order chi connectivity index (χ0) is 9.97. The van der Waals surface area contributed by atoms with E-state index in [4.69, 9.17) is 0 Å². The molecule has 1 nitrogen and oxygen atoms in total. The van der Waals surface area contributed by atoms with Crippen LogP contribution in [-0.4, -0.2) is 5.11 Å². The third kappa shape index (κ3) is 1.62. The van der Waals surface area contributed by atoms with E-state index in [0.29, 0.717) is 5.75 Å². The van der Waals surface area contributed by atoms with E-state index in [2.05, 4.69) is 0 Å². The average Bonchev–Trinajstić information content (AvgIpc) is 2.19. The smallest absolute Gasteiger partial charge is 0.123 e. The van der Waals surface area contributed by atoms with Gasteiger partial charge in [0.15, 0.2) is 0 Å². The van der Waals surface area contributed by atoms with Gasteiger partial charge in [0.2, 0.25) is 0 Å². The molecular formula is C13H12O. The van der Waals surface area contributed by atoms with Crippen molar-refractivity contribution in [3.63, 3.8) is 0 Å². The average molecular weight is 184 g/mol. The summed E-state index contributed by atoms with van der Waals surface area (Å²) in [6, 6.07) is 15.6. The van der Waals surface area contributed by atoms with Gasteiger partial charge in [-0.1, -0.05) is 42.5 Å². The predicted octanol–water partition coefficient (Wildman–Crippen LogP) is 3.37. The Balaban J connectivity index is 2.53. The lowest BCUT2D eigenvalue weighted by molar-refractivity contribution is 0.477. The van der Waals surface area contributed by atoms with Crippen LogP contribution in [0.15, 0.2) is 48.5 Å². The van der Waals surface area contributed by atoms with Crippen LogP contribution in [0.5, 0.6) is 5.75 Å². The number of phenolic OH excluding ortho intramolecular Hbond substituents is 1. The molecule has 1 heteroatoms. The Morgan fingerprint density at radius 2 is 1.64 bits per heavy atom. The maximum atomic E-state index is 9.74. The van der Waals surface area contributed by atoms with Crippen LogP contribution in [0.25, 0.3) is 11.1 Å². The summed E-state index contributed by atoms with van der Waals surface area (Å²) in [5.41, 5.74) is 3.00. The summed E-state index contributed by atoms with van der Waals surface area (Å²) in [4.78, 5) is 0. The summed E-state index contributed by atoms with van der Waals surface area (Å²) >= 11 is 0. The van der Waals surface area contributed by atoms with Crippen LogP contribution in [-0.2, 0) is 0 Å². The maximum Gasteiger partial charge on any atom is 0.123 e. The van der Waals surface area contributed by atoms with Gasteiger partial charge in [-0.25, -0.2) is 0 Å². The van der Waals surface area contributed by atoms with Gasteiger partial charge < -0.3 is 5.11 Å². The third-order valence-corrected chi connectivity index (χ3v) is 2.24. The minimum Gasteiger partial charge on any atom is -0.507 e. The summed E-state index contributed by atoms with van der Waals surface area (Å²) < 4.78 is 0. The van der Waals surface area contributed by atoms with Gasteiger partial charge in [-0.3, -0.25) is 0 Å². The molecule has 0 saturated carbocycles.